The van der Waals surface area contributed by atoms with Gasteiger partial charge in [-0.1, -0.05) is 18.2 Å². The third-order valence-corrected chi connectivity index (χ3v) is 5.70. The topological polar surface area (TPSA) is 43.1 Å². The summed E-state index contributed by atoms with van der Waals surface area (Å²) in [6, 6.07) is 8.63. The molecule has 2 rings (SSSR count). The van der Waals surface area contributed by atoms with Crippen LogP contribution in [0.1, 0.15) is 24.8 Å². The molecule has 17 heavy (non-hydrogen) atoms. The molecule has 3 atom stereocenters. The number of benzene rings is 1. The van der Waals surface area contributed by atoms with Crippen molar-refractivity contribution in [3.05, 3.63) is 29.8 Å². The summed E-state index contributed by atoms with van der Waals surface area (Å²) >= 11 is 1.88. The maximum absolute atomic E-state index is 12.0. The van der Waals surface area contributed by atoms with Crippen molar-refractivity contribution in [1.29, 1.82) is 0 Å². The predicted octanol–water partition coefficient (Wildman–Crippen LogP) is 2.36. The summed E-state index contributed by atoms with van der Waals surface area (Å²) in [5, 5.41) is 0. The first-order valence-corrected chi connectivity index (χ1v) is 8.46. The minimum Gasteiger partial charge on any atom is -0.328 e. The summed E-state index contributed by atoms with van der Waals surface area (Å²) in [5.41, 5.74) is 7.07. The van der Waals surface area contributed by atoms with E-state index in [4.69, 9.17) is 5.73 Å². The molecule has 0 radical (unpaired) electrons. The zero-order valence-electron chi connectivity index (χ0n) is 10.1. The molecule has 0 bridgehead atoms. The Hall–Kier alpha value is -0.320. The first-order valence-electron chi connectivity index (χ1n) is 5.99. The van der Waals surface area contributed by atoms with Gasteiger partial charge in [-0.3, -0.25) is 4.21 Å². The van der Waals surface area contributed by atoms with Gasteiger partial charge in [0.2, 0.25) is 0 Å². The van der Waals surface area contributed by atoms with Crippen LogP contribution >= 0.6 is 11.8 Å². The lowest BCUT2D eigenvalue weighted by molar-refractivity contribution is 0.663. The number of rotatable bonds is 5. The lowest BCUT2D eigenvalue weighted by Gasteiger charge is -2.11. The minimum atomic E-state index is -0.731. The van der Waals surface area contributed by atoms with Crippen molar-refractivity contribution in [1.82, 2.24) is 0 Å². The lowest BCUT2D eigenvalue weighted by Crippen LogP contribution is -2.20. The van der Waals surface area contributed by atoms with Crippen LogP contribution in [0, 0.1) is 0 Å². The van der Waals surface area contributed by atoms with Gasteiger partial charge in [-0.05, 0) is 25.0 Å². The molecule has 0 aliphatic carbocycles. The Morgan fingerprint density at radius 2 is 2.29 bits per heavy atom. The summed E-state index contributed by atoms with van der Waals surface area (Å²) in [6.45, 7) is 1.97. The van der Waals surface area contributed by atoms with Crippen LogP contribution in [0.2, 0.25) is 0 Å². The molecule has 0 spiro atoms. The van der Waals surface area contributed by atoms with Crippen molar-refractivity contribution in [3.8, 4) is 0 Å². The molecule has 2 N–H and O–H groups in total. The molecule has 0 amide bonds. The van der Waals surface area contributed by atoms with E-state index < -0.39 is 10.8 Å². The average molecular weight is 269 g/mol. The number of thioether (sulfide) groups is 1. The van der Waals surface area contributed by atoms with E-state index in [9.17, 15) is 4.21 Å². The zero-order chi connectivity index (χ0) is 12.3. The van der Waals surface area contributed by atoms with Gasteiger partial charge in [0, 0.05) is 44.9 Å². The van der Waals surface area contributed by atoms with E-state index in [1.54, 1.807) is 0 Å². The highest BCUT2D eigenvalue weighted by atomic mass is 32.2. The predicted molar refractivity (Wildman–Crippen MR) is 76.0 cm³/mol. The van der Waals surface area contributed by atoms with Crippen LogP contribution in [-0.2, 0) is 10.8 Å². The van der Waals surface area contributed by atoms with E-state index in [0.717, 1.165) is 23.7 Å². The van der Waals surface area contributed by atoms with Gasteiger partial charge in [0.15, 0.2) is 0 Å². The van der Waals surface area contributed by atoms with E-state index in [-0.39, 0.29) is 6.04 Å². The van der Waals surface area contributed by atoms with Crippen LogP contribution in [0.5, 0.6) is 0 Å². The van der Waals surface area contributed by atoms with Gasteiger partial charge in [0.1, 0.15) is 0 Å². The quantitative estimate of drug-likeness (QED) is 0.892. The molecule has 4 heteroatoms. The highest BCUT2D eigenvalue weighted by Crippen LogP contribution is 2.39. The Morgan fingerprint density at radius 1 is 1.53 bits per heavy atom. The summed E-state index contributed by atoms with van der Waals surface area (Å²) in [4.78, 5) is 1.36. The van der Waals surface area contributed by atoms with Crippen LogP contribution < -0.4 is 5.73 Å². The monoisotopic (exact) mass is 269 g/mol. The molecule has 1 aliphatic rings. The van der Waals surface area contributed by atoms with E-state index in [1.165, 1.54) is 10.5 Å². The lowest BCUT2D eigenvalue weighted by atomic mass is 10.0. The fourth-order valence-corrected chi connectivity index (χ4v) is 4.94. The molecule has 1 aliphatic heterocycles. The third-order valence-electron chi connectivity index (χ3n) is 2.99. The van der Waals surface area contributed by atoms with Gasteiger partial charge in [0.05, 0.1) is 0 Å². The van der Waals surface area contributed by atoms with Crippen molar-refractivity contribution in [3.63, 3.8) is 0 Å². The van der Waals surface area contributed by atoms with E-state index in [0.29, 0.717) is 5.92 Å². The van der Waals surface area contributed by atoms with Gasteiger partial charge >= 0.3 is 0 Å². The van der Waals surface area contributed by atoms with Crippen LogP contribution in [-0.4, -0.2) is 27.5 Å². The zero-order valence-corrected chi connectivity index (χ0v) is 11.7. The Kier molecular flexibility index (Phi) is 4.65. The Balaban J connectivity index is 1.91. The van der Waals surface area contributed by atoms with Crippen molar-refractivity contribution in [2.45, 2.75) is 30.2 Å². The van der Waals surface area contributed by atoms with Crippen LogP contribution in [0.25, 0.3) is 0 Å². The van der Waals surface area contributed by atoms with Gasteiger partial charge in [-0.15, -0.1) is 11.8 Å². The number of fused-ring (bicyclic) bond motifs is 1. The molecule has 2 nitrogen and oxygen atoms in total. The van der Waals surface area contributed by atoms with E-state index in [1.807, 2.05) is 18.7 Å². The molecular weight excluding hydrogens is 250 g/mol. The van der Waals surface area contributed by atoms with Crippen LogP contribution in [0.4, 0.5) is 0 Å². The smallest absolute Gasteiger partial charge is 0.0312 e. The summed E-state index contributed by atoms with van der Waals surface area (Å²) in [5.74, 6) is 3.06. The second-order valence-corrected chi connectivity index (χ2v) is 7.31. The molecule has 0 fully saturated rings. The molecule has 1 heterocycles. The molecular formula is C13H19NOS2. The largest absolute Gasteiger partial charge is 0.328 e. The third kappa shape index (κ3) is 3.57. The standard InChI is InChI=1S/C13H19NOS2/c1-10(14)6-7-17(15)9-11-8-16-13-5-3-2-4-12(11)13/h2-5,10-11H,6-9,14H2,1H3. The highest BCUT2D eigenvalue weighted by molar-refractivity contribution is 7.99. The summed E-state index contributed by atoms with van der Waals surface area (Å²) < 4.78 is 12.0. The SMILES string of the molecule is CC(N)CCS(=O)CC1CSc2ccccc21. The Labute approximate surface area is 110 Å². The minimum absolute atomic E-state index is 0.157. The van der Waals surface area contributed by atoms with Crippen molar-refractivity contribution in [2.24, 2.45) is 5.73 Å². The molecule has 0 saturated carbocycles. The Morgan fingerprint density at radius 3 is 3.06 bits per heavy atom. The van der Waals surface area contributed by atoms with Gasteiger partial charge < -0.3 is 5.73 Å². The fourth-order valence-electron chi connectivity index (χ4n) is 1.99. The van der Waals surface area contributed by atoms with Crippen molar-refractivity contribution < 1.29 is 4.21 Å². The first kappa shape index (κ1) is 13.1. The maximum Gasteiger partial charge on any atom is 0.0312 e. The van der Waals surface area contributed by atoms with Gasteiger partial charge in [-0.2, -0.15) is 0 Å². The van der Waals surface area contributed by atoms with Crippen molar-refractivity contribution in [2.75, 3.05) is 17.3 Å². The maximum atomic E-state index is 12.0. The average Bonchev–Trinajstić information content (AvgIpc) is 2.70. The van der Waals surface area contributed by atoms with E-state index in [2.05, 4.69) is 24.3 Å². The molecule has 94 valence electrons. The van der Waals surface area contributed by atoms with Gasteiger partial charge in [0.25, 0.3) is 0 Å². The number of nitrogens with two attached hydrogens (primary N) is 1. The highest BCUT2D eigenvalue weighted by Gasteiger charge is 2.24. The van der Waals surface area contributed by atoms with Gasteiger partial charge in [-0.25, -0.2) is 0 Å². The Bertz CT molecular complexity index is 406. The molecule has 1 aromatic rings. The summed E-state index contributed by atoms with van der Waals surface area (Å²) in [6.07, 6.45) is 0.855. The fraction of sp³-hybridized carbons (Fsp3) is 0.538. The van der Waals surface area contributed by atoms with Crippen LogP contribution in [0.3, 0.4) is 0 Å². The second-order valence-electron chi connectivity index (χ2n) is 4.62. The first-order chi connectivity index (χ1) is 8.16. The summed E-state index contributed by atoms with van der Waals surface area (Å²) in [7, 11) is -0.731. The number of hydrogen-bond donors (Lipinski definition) is 1. The van der Waals surface area contributed by atoms with E-state index >= 15 is 0 Å². The molecule has 0 saturated heterocycles. The molecule has 3 unspecified atom stereocenters. The normalized spacial score (nSPS) is 22.1. The molecule has 0 aromatic heterocycles. The second kappa shape index (κ2) is 6.03. The van der Waals surface area contributed by atoms with Crippen molar-refractivity contribution >= 4 is 22.6 Å². The number of hydrogen-bond acceptors (Lipinski definition) is 3. The van der Waals surface area contributed by atoms with Crippen LogP contribution in [0.15, 0.2) is 29.2 Å². The molecule has 1 aromatic carbocycles.